The Hall–Kier alpha value is -0.830. The van der Waals surface area contributed by atoms with Crippen LogP contribution in [0.3, 0.4) is 0 Å². The summed E-state index contributed by atoms with van der Waals surface area (Å²) in [5.74, 6) is 2.00. The van der Waals surface area contributed by atoms with Crippen molar-refractivity contribution in [1.29, 1.82) is 0 Å². The highest BCUT2D eigenvalue weighted by Gasteiger charge is 2.25. The molecular weight excluding hydrogens is 441 g/mol. The van der Waals surface area contributed by atoms with Crippen LogP contribution in [0.1, 0.15) is 56.6 Å². The predicted octanol–water partition coefficient (Wildman–Crippen LogP) is 3.35. The van der Waals surface area contributed by atoms with Gasteiger partial charge in [0.2, 0.25) is 0 Å². The summed E-state index contributed by atoms with van der Waals surface area (Å²) in [5, 5.41) is 7.80. The Morgan fingerprint density at radius 3 is 2.85 bits per heavy atom. The number of unbranched alkanes of at least 4 members (excludes halogenated alkanes) is 1. The molecule has 1 aromatic rings. The standard InChI is InChI=1S/C19H33N5O.HI/c1-20-19(21-10-6-5-9-16-7-3-4-8-16)24-11-12-25-18(15-24)17-13-22-23(2)14-17;/h13-14,16,18H,3-12,15H2,1-2H3,(H,20,21);1H. The van der Waals surface area contributed by atoms with E-state index in [0.717, 1.165) is 43.7 Å². The van der Waals surface area contributed by atoms with Crippen LogP contribution in [-0.2, 0) is 11.8 Å². The Balaban J connectivity index is 0.00000243. The summed E-state index contributed by atoms with van der Waals surface area (Å²) in [6.07, 6.45) is 13.8. The van der Waals surface area contributed by atoms with E-state index in [9.17, 15) is 0 Å². The fourth-order valence-electron chi connectivity index (χ4n) is 4.04. The van der Waals surface area contributed by atoms with Gasteiger partial charge in [-0.15, -0.1) is 24.0 Å². The molecule has 7 heteroatoms. The van der Waals surface area contributed by atoms with Gasteiger partial charge in [0.15, 0.2) is 5.96 Å². The van der Waals surface area contributed by atoms with E-state index in [4.69, 9.17) is 4.74 Å². The third-order valence-electron chi connectivity index (χ3n) is 5.47. The minimum Gasteiger partial charge on any atom is -0.370 e. The monoisotopic (exact) mass is 475 g/mol. The van der Waals surface area contributed by atoms with Crippen molar-refractivity contribution in [3.63, 3.8) is 0 Å². The molecule has 3 rings (SSSR count). The van der Waals surface area contributed by atoms with Gasteiger partial charge in [0, 0.05) is 38.9 Å². The fourth-order valence-corrected chi connectivity index (χ4v) is 4.04. The van der Waals surface area contributed by atoms with Crippen molar-refractivity contribution in [2.75, 3.05) is 33.3 Å². The second-order valence-corrected chi connectivity index (χ2v) is 7.37. The summed E-state index contributed by atoms with van der Waals surface area (Å²) in [5.41, 5.74) is 1.14. The maximum Gasteiger partial charge on any atom is 0.193 e. The molecule has 2 heterocycles. The van der Waals surface area contributed by atoms with Gasteiger partial charge in [-0.1, -0.05) is 38.5 Å². The van der Waals surface area contributed by atoms with E-state index >= 15 is 0 Å². The van der Waals surface area contributed by atoms with Crippen molar-refractivity contribution in [2.45, 2.75) is 51.0 Å². The minimum atomic E-state index is 0. The van der Waals surface area contributed by atoms with Crippen LogP contribution in [-0.4, -0.2) is 53.9 Å². The molecule has 1 aliphatic carbocycles. The van der Waals surface area contributed by atoms with Gasteiger partial charge in [-0.05, 0) is 12.3 Å². The number of guanidine groups is 1. The van der Waals surface area contributed by atoms with Gasteiger partial charge in [0.25, 0.3) is 0 Å². The molecule has 1 saturated carbocycles. The third kappa shape index (κ3) is 6.11. The predicted molar refractivity (Wildman–Crippen MR) is 116 cm³/mol. The summed E-state index contributed by atoms with van der Waals surface area (Å²) in [6, 6.07) is 0. The maximum atomic E-state index is 5.92. The van der Waals surface area contributed by atoms with Crippen LogP contribution in [0.15, 0.2) is 17.4 Å². The van der Waals surface area contributed by atoms with E-state index in [1.54, 1.807) is 0 Å². The number of rotatable bonds is 6. The van der Waals surface area contributed by atoms with Crippen molar-refractivity contribution in [3.05, 3.63) is 18.0 Å². The number of halogens is 1. The van der Waals surface area contributed by atoms with Crippen molar-refractivity contribution in [2.24, 2.45) is 18.0 Å². The summed E-state index contributed by atoms with van der Waals surface area (Å²) < 4.78 is 7.75. The lowest BCUT2D eigenvalue weighted by atomic mass is 10.0. The minimum absolute atomic E-state index is 0. The second kappa shape index (κ2) is 11.1. The van der Waals surface area contributed by atoms with Gasteiger partial charge in [-0.3, -0.25) is 9.67 Å². The number of nitrogens with one attached hydrogen (secondary N) is 1. The number of morpholine rings is 1. The topological polar surface area (TPSA) is 54.7 Å². The Labute approximate surface area is 174 Å². The molecule has 0 amide bonds. The van der Waals surface area contributed by atoms with E-state index < -0.39 is 0 Å². The van der Waals surface area contributed by atoms with E-state index in [2.05, 4.69) is 20.3 Å². The summed E-state index contributed by atoms with van der Waals surface area (Å²) in [7, 11) is 3.81. The van der Waals surface area contributed by atoms with E-state index in [0.29, 0.717) is 0 Å². The van der Waals surface area contributed by atoms with Crippen LogP contribution >= 0.6 is 24.0 Å². The van der Waals surface area contributed by atoms with Gasteiger partial charge >= 0.3 is 0 Å². The molecule has 2 fully saturated rings. The highest BCUT2D eigenvalue weighted by molar-refractivity contribution is 14.0. The molecule has 0 radical (unpaired) electrons. The van der Waals surface area contributed by atoms with Crippen molar-refractivity contribution in [3.8, 4) is 0 Å². The highest BCUT2D eigenvalue weighted by atomic mass is 127. The van der Waals surface area contributed by atoms with Crippen LogP contribution in [0.2, 0.25) is 0 Å². The smallest absolute Gasteiger partial charge is 0.193 e. The van der Waals surface area contributed by atoms with Crippen LogP contribution in [0.25, 0.3) is 0 Å². The van der Waals surface area contributed by atoms with Gasteiger partial charge in [-0.2, -0.15) is 5.10 Å². The molecule has 2 aliphatic rings. The molecule has 1 atom stereocenters. The first kappa shape index (κ1) is 21.5. The van der Waals surface area contributed by atoms with Gasteiger partial charge < -0.3 is 15.0 Å². The summed E-state index contributed by atoms with van der Waals surface area (Å²) >= 11 is 0. The second-order valence-electron chi connectivity index (χ2n) is 7.37. The van der Waals surface area contributed by atoms with Crippen molar-refractivity contribution >= 4 is 29.9 Å². The van der Waals surface area contributed by atoms with Crippen LogP contribution in [0.4, 0.5) is 0 Å². The van der Waals surface area contributed by atoms with Gasteiger partial charge in [-0.25, -0.2) is 0 Å². The average Bonchev–Trinajstić information content (AvgIpc) is 3.30. The Morgan fingerprint density at radius 2 is 2.15 bits per heavy atom. The van der Waals surface area contributed by atoms with Crippen LogP contribution < -0.4 is 5.32 Å². The first-order valence-corrected chi connectivity index (χ1v) is 9.82. The quantitative estimate of drug-likeness (QED) is 0.297. The number of aliphatic imine (C=N–C) groups is 1. The Kier molecular flexibility index (Phi) is 9.18. The first-order chi connectivity index (χ1) is 12.3. The SMILES string of the molecule is CN=C(NCCCCC1CCCC1)N1CCOC(c2cnn(C)c2)C1.I. The summed E-state index contributed by atoms with van der Waals surface area (Å²) in [4.78, 5) is 6.78. The maximum absolute atomic E-state index is 5.92. The largest absolute Gasteiger partial charge is 0.370 e. The van der Waals surface area contributed by atoms with Crippen LogP contribution in [0, 0.1) is 5.92 Å². The van der Waals surface area contributed by atoms with Crippen molar-refractivity contribution in [1.82, 2.24) is 20.0 Å². The molecule has 1 aliphatic heterocycles. The van der Waals surface area contributed by atoms with E-state index in [1.807, 2.05) is 31.2 Å². The molecular formula is C19H34IN5O. The third-order valence-corrected chi connectivity index (χ3v) is 5.47. The van der Waals surface area contributed by atoms with E-state index in [-0.39, 0.29) is 30.1 Å². The fraction of sp³-hybridized carbons (Fsp3) is 0.789. The molecule has 1 saturated heterocycles. The van der Waals surface area contributed by atoms with Gasteiger partial charge in [0.1, 0.15) is 6.10 Å². The molecule has 148 valence electrons. The number of aryl methyl sites for hydroxylation is 1. The number of ether oxygens (including phenoxy) is 1. The van der Waals surface area contributed by atoms with Crippen LogP contribution in [0.5, 0.6) is 0 Å². The molecule has 1 unspecified atom stereocenters. The van der Waals surface area contributed by atoms with Crippen molar-refractivity contribution < 1.29 is 4.74 Å². The zero-order valence-electron chi connectivity index (χ0n) is 16.2. The highest BCUT2D eigenvalue weighted by Crippen LogP contribution is 2.28. The lowest BCUT2D eigenvalue weighted by Crippen LogP contribution is -2.48. The molecule has 26 heavy (non-hydrogen) atoms. The molecule has 0 bridgehead atoms. The molecule has 0 aromatic carbocycles. The molecule has 1 N–H and O–H groups in total. The van der Waals surface area contributed by atoms with E-state index in [1.165, 1.54) is 44.9 Å². The Bertz CT molecular complexity index is 556. The zero-order valence-corrected chi connectivity index (χ0v) is 18.5. The normalized spacial score (nSPS) is 21.7. The number of hydrogen-bond donors (Lipinski definition) is 1. The molecule has 0 spiro atoms. The number of nitrogens with zero attached hydrogens (tertiary/aromatic N) is 4. The molecule has 6 nitrogen and oxygen atoms in total. The lowest BCUT2D eigenvalue weighted by molar-refractivity contribution is -0.00802. The number of aromatic nitrogens is 2. The van der Waals surface area contributed by atoms with Gasteiger partial charge in [0.05, 0.1) is 19.3 Å². The Morgan fingerprint density at radius 1 is 1.35 bits per heavy atom. The first-order valence-electron chi connectivity index (χ1n) is 9.82. The lowest BCUT2D eigenvalue weighted by Gasteiger charge is -2.34. The molecule has 1 aromatic heterocycles. The summed E-state index contributed by atoms with van der Waals surface area (Å²) in [6.45, 7) is 3.45. The average molecular weight is 475 g/mol. The number of hydrogen-bond acceptors (Lipinski definition) is 3. The zero-order chi connectivity index (χ0) is 17.5.